The van der Waals surface area contributed by atoms with Gasteiger partial charge >= 0.3 is 0 Å². The summed E-state index contributed by atoms with van der Waals surface area (Å²) in [5.41, 5.74) is 1.02. The lowest BCUT2D eigenvalue weighted by atomic mass is 9.93. The van der Waals surface area contributed by atoms with E-state index in [0.717, 1.165) is 18.5 Å². The molecule has 1 amide bonds. The largest absolute Gasteiger partial charge is 0.340 e. The van der Waals surface area contributed by atoms with Gasteiger partial charge < -0.3 is 10.2 Å². The standard InChI is InChI=1S/C12H22N2O/c1-9(2)8-14(4)12(15)11-7-10(3)5-6-13-11/h10-11,13H,1,5-8H2,2-4H3. The van der Waals surface area contributed by atoms with Crippen LogP contribution in [-0.4, -0.2) is 37.0 Å². The summed E-state index contributed by atoms with van der Waals surface area (Å²) in [7, 11) is 1.85. The first kappa shape index (κ1) is 12.2. The van der Waals surface area contributed by atoms with Crippen LogP contribution < -0.4 is 5.32 Å². The summed E-state index contributed by atoms with van der Waals surface area (Å²) in [6, 6.07) is 0.0121. The van der Waals surface area contributed by atoms with E-state index in [2.05, 4.69) is 18.8 Å². The predicted molar refractivity (Wildman–Crippen MR) is 62.6 cm³/mol. The molecule has 1 fully saturated rings. The van der Waals surface area contributed by atoms with E-state index in [4.69, 9.17) is 0 Å². The van der Waals surface area contributed by atoms with Gasteiger partial charge in [-0.05, 0) is 32.2 Å². The number of likely N-dealkylation sites (N-methyl/N-ethyl adjacent to an activating group) is 1. The molecule has 86 valence electrons. The van der Waals surface area contributed by atoms with Crippen molar-refractivity contribution in [2.24, 2.45) is 5.92 Å². The molecule has 0 aliphatic carbocycles. The molecule has 2 unspecified atom stereocenters. The Balaban J connectivity index is 2.47. The second kappa shape index (κ2) is 5.31. The first-order chi connectivity index (χ1) is 7.00. The Labute approximate surface area is 92.5 Å². The van der Waals surface area contributed by atoms with E-state index in [0.29, 0.717) is 12.5 Å². The smallest absolute Gasteiger partial charge is 0.239 e. The molecule has 0 aromatic heterocycles. The first-order valence-corrected chi connectivity index (χ1v) is 5.63. The summed E-state index contributed by atoms with van der Waals surface area (Å²) < 4.78 is 0. The van der Waals surface area contributed by atoms with Gasteiger partial charge in [-0.2, -0.15) is 0 Å². The summed E-state index contributed by atoms with van der Waals surface area (Å²) in [6.07, 6.45) is 2.13. The zero-order valence-electron chi connectivity index (χ0n) is 10.0. The number of hydrogen-bond acceptors (Lipinski definition) is 2. The molecule has 0 radical (unpaired) electrons. The Bertz CT molecular complexity index is 250. The molecule has 0 aromatic carbocycles. The zero-order chi connectivity index (χ0) is 11.4. The molecular formula is C12H22N2O. The second-order valence-corrected chi connectivity index (χ2v) is 4.79. The Kier molecular flexibility index (Phi) is 4.33. The highest BCUT2D eigenvalue weighted by molar-refractivity contribution is 5.82. The van der Waals surface area contributed by atoms with Crippen LogP contribution in [0.4, 0.5) is 0 Å². The Hall–Kier alpha value is -0.830. The van der Waals surface area contributed by atoms with Crippen LogP contribution in [0.25, 0.3) is 0 Å². The minimum absolute atomic E-state index is 0.0121. The van der Waals surface area contributed by atoms with Gasteiger partial charge in [-0.25, -0.2) is 0 Å². The molecule has 0 saturated carbocycles. The molecule has 1 heterocycles. The van der Waals surface area contributed by atoms with Crippen molar-refractivity contribution in [3.63, 3.8) is 0 Å². The third-order valence-corrected chi connectivity index (χ3v) is 2.85. The van der Waals surface area contributed by atoms with Gasteiger partial charge in [0, 0.05) is 13.6 Å². The average molecular weight is 210 g/mol. The van der Waals surface area contributed by atoms with Crippen molar-refractivity contribution in [2.75, 3.05) is 20.1 Å². The van der Waals surface area contributed by atoms with E-state index in [9.17, 15) is 4.79 Å². The van der Waals surface area contributed by atoms with Crippen LogP contribution in [0.5, 0.6) is 0 Å². The molecule has 1 rings (SSSR count). The fourth-order valence-electron chi connectivity index (χ4n) is 2.04. The van der Waals surface area contributed by atoms with E-state index in [-0.39, 0.29) is 11.9 Å². The van der Waals surface area contributed by atoms with E-state index < -0.39 is 0 Å². The van der Waals surface area contributed by atoms with Crippen LogP contribution in [0.1, 0.15) is 26.7 Å². The minimum atomic E-state index is 0.0121. The normalized spacial score (nSPS) is 26.1. The molecule has 3 nitrogen and oxygen atoms in total. The molecule has 0 bridgehead atoms. The molecule has 0 spiro atoms. The molecule has 2 atom stereocenters. The van der Waals surface area contributed by atoms with Gasteiger partial charge in [-0.3, -0.25) is 4.79 Å². The summed E-state index contributed by atoms with van der Waals surface area (Å²) in [5.74, 6) is 0.850. The topological polar surface area (TPSA) is 32.3 Å². The third kappa shape index (κ3) is 3.67. The molecule has 1 saturated heterocycles. The summed E-state index contributed by atoms with van der Waals surface area (Å²) >= 11 is 0. The van der Waals surface area contributed by atoms with Crippen molar-refractivity contribution in [2.45, 2.75) is 32.7 Å². The summed E-state index contributed by atoms with van der Waals surface area (Å²) in [6.45, 7) is 9.59. The lowest BCUT2D eigenvalue weighted by molar-refractivity contribution is -0.132. The fraction of sp³-hybridized carbons (Fsp3) is 0.750. The Morgan fingerprint density at radius 2 is 2.27 bits per heavy atom. The molecule has 1 aliphatic rings. The SMILES string of the molecule is C=C(C)CN(C)C(=O)C1CC(C)CCN1. The highest BCUT2D eigenvalue weighted by atomic mass is 16.2. The molecule has 15 heavy (non-hydrogen) atoms. The number of nitrogens with one attached hydrogen (secondary N) is 1. The molecule has 3 heteroatoms. The number of carbonyl (C=O) groups excluding carboxylic acids is 1. The number of rotatable bonds is 3. The van der Waals surface area contributed by atoms with Crippen LogP contribution in [0.2, 0.25) is 0 Å². The zero-order valence-corrected chi connectivity index (χ0v) is 10.0. The van der Waals surface area contributed by atoms with Gasteiger partial charge in [-0.15, -0.1) is 0 Å². The first-order valence-electron chi connectivity index (χ1n) is 5.63. The van der Waals surface area contributed by atoms with Crippen molar-refractivity contribution >= 4 is 5.91 Å². The van der Waals surface area contributed by atoms with Crippen LogP contribution in [-0.2, 0) is 4.79 Å². The highest BCUT2D eigenvalue weighted by Crippen LogP contribution is 2.16. The van der Waals surface area contributed by atoms with Crippen LogP contribution in [0.15, 0.2) is 12.2 Å². The maximum atomic E-state index is 12.0. The van der Waals surface area contributed by atoms with Gasteiger partial charge in [0.25, 0.3) is 0 Å². The van der Waals surface area contributed by atoms with Gasteiger partial charge in [-0.1, -0.05) is 19.1 Å². The second-order valence-electron chi connectivity index (χ2n) is 4.79. The van der Waals surface area contributed by atoms with E-state index in [1.54, 1.807) is 4.90 Å². The quantitative estimate of drug-likeness (QED) is 0.714. The highest BCUT2D eigenvalue weighted by Gasteiger charge is 2.26. The average Bonchev–Trinajstić information content (AvgIpc) is 2.15. The lowest BCUT2D eigenvalue weighted by Crippen LogP contribution is -2.49. The number of carbonyl (C=O) groups is 1. The number of amides is 1. The Morgan fingerprint density at radius 3 is 2.80 bits per heavy atom. The summed E-state index contributed by atoms with van der Waals surface area (Å²) in [5, 5.41) is 3.28. The van der Waals surface area contributed by atoms with Gasteiger partial charge in [0.2, 0.25) is 5.91 Å². The van der Waals surface area contributed by atoms with Crippen LogP contribution >= 0.6 is 0 Å². The van der Waals surface area contributed by atoms with Crippen LogP contribution in [0.3, 0.4) is 0 Å². The predicted octanol–water partition coefficient (Wildman–Crippen LogP) is 1.41. The number of hydrogen-bond donors (Lipinski definition) is 1. The van der Waals surface area contributed by atoms with Crippen molar-refractivity contribution in [1.82, 2.24) is 10.2 Å². The molecular weight excluding hydrogens is 188 g/mol. The number of nitrogens with zero attached hydrogens (tertiary/aromatic N) is 1. The van der Waals surface area contributed by atoms with Crippen molar-refractivity contribution in [3.05, 3.63) is 12.2 Å². The third-order valence-electron chi connectivity index (χ3n) is 2.85. The number of piperidine rings is 1. The van der Waals surface area contributed by atoms with Gasteiger partial charge in [0.05, 0.1) is 6.04 Å². The maximum absolute atomic E-state index is 12.0. The van der Waals surface area contributed by atoms with E-state index >= 15 is 0 Å². The maximum Gasteiger partial charge on any atom is 0.239 e. The van der Waals surface area contributed by atoms with Crippen LogP contribution in [0, 0.1) is 5.92 Å². The Morgan fingerprint density at radius 1 is 1.60 bits per heavy atom. The minimum Gasteiger partial charge on any atom is -0.340 e. The monoisotopic (exact) mass is 210 g/mol. The summed E-state index contributed by atoms with van der Waals surface area (Å²) in [4.78, 5) is 13.8. The van der Waals surface area contributed by atoms with Gasteiger partial charge in [0.15, 0.2) is 0 Å². The molecule has 1 aliphatic heterocycles. The van der Waals surface area contributed by atoms with Crippen molar-refractivity contribution in [1.29, 1.82) is 0 Å². The van der Waals surface area contributed by atoms with Crippen molar-refractivity contribution in [3.8, 4) is 0 Å². The van der Waals surface area contributed by atoms with Crippen molar-refractivity contribution < 1.29 is 4.79 Å². The van der Waals surface area contributed by atoms with E-state index in [1.165, 1.54) is 6.42 Å². The molecule has 0 aromatic rings. The van der Waals surface area contributed by atoms with E-state index in [1.807, 2.05) is 14.0 Å². The molecule has 1 N–H and O–H groups in total. The van der Waals surface area contributed by atoms with Gasteiger partial charge in [0.1, 0.15) is 0 Å². The fourth-order valence-corrected chi connectivity index (χ4v) is 2.04. The lowest BCUT2D eigenvalue weighted by Gasteiger charge is -2.30.